The molecular weight excluding hydrogens is 469 g/mol. The Morgan fingerprint density at radius 3 is 1.88 bits per heavy atom. The lowest BCUT2D eigenvalue weighted by Gasteiger charge is -2.46. The fraction of sp³-hybridized carbons (Fsp3) is 0.500. The van der Waals surface area contributed by atoms with E-state index in [4.69, 9.17) is 30.9 Å². The first-order chi connectivity index (χ1) is 15.8. The number of benzene rings is 2. The molecule has 2 aromatic carbocycles. The van der Waals surface area contributed by atoms with E-state index in [1.54, 1.807) is 11.8 Å². The standard InChI is InChI=1S/C26H36O4S2Si/c1-6-27-24(28-7-2)18-22(23-19-29-25(31)32-23)30-33(26(3,4)5,20-14-10-8-11-15-20)21-16-12-9-13-17-21/h8-17,22-24H,6-7,18-19H2,1-5H3/t22?,23-/m1/s1. The van der Waals surface area contributed by atoms with Gasteiger partial charge in [0, 0.05) is 19.6 Å². The van der Waals surface area contributed by atoms with Crippen molar-refractivity contribution in [2.75, 3.05) is 19.8 Å². The van der Waals surface area contributed by atoms with Gasteiger partial charge in [0.2, 0.25) is 4.38 Å². The highest BCUT2D eigenvalue weighted by molar-refractivity contribution is 8.23. The van der Waals surface area contributed by atoms with Crippen molar-refractivity contribution in [1.29, 1.82) is 0 Å². The fourth-order valence-electron chi connectivity index (χ4n) is 4.46. The van der Waals surface area contributed by atoms with Crippen molar-refractivity contribution in [3.8, 4) is 0 Å². The van der Waals surface area contributed by atoms with E-state index in [1.807, 2.05) is 13.8 Å². The molecule has 0 saturated carbocycles. The molecular formula is C26H36O4S2Si. The van der Waals surface area contributed by atoms with Gasteiger partial charge in [0.25, 0.3) is 8.32 Å². The lowest BCUT2D eigenvalue weighted by Crippen LogP contribution is -2.68. The fourth-order valence-corrected chi connectivity index (χ4v) is 10.6. The average Bonchev–Trinajstić information content (AvgIpc) is 3.23. The molecule has 3 rings (SSSR count). The number of thioether (sulfide) groups is 1. The van der Waals surface area contributed by atoms with Crippen LogP contribution in [0.4, 0.5) is 0 Å². The van der Waals surface area contributed by atoms with Crippen LogP contribution in [0.5, 0.6) is 0 Å². The third kappa shape index (κ3) is 6.27. The maximum Gasteiger partial charge on any atom is 0.261 e. The third-order valence-corrected chi connectivity index (χ3v) is 12.4. The molecule has 0 aliphatic carbocycles. The molecule has 1 saturated heterocycles. The van der Waals surface area contributed by atoms with Gasteiger partial charge in [-0.25, -0.2) is 0 Å². The van der Waals surface area contributed by atoms with Gasteiger partial charge in [-0.15, -0.1) is 0 Å². The Kier molecular flexibility index (Phi) is 9.56. The molecule has 7 heteroatoms. The molecule has 1 fully saturated rings. The van der Waals surface area contributed by atoms with E-state index >= 15 is 0 Å². The normalized spacial score (nSPS) is 17.9. The molecule has 1 aliphatic rings. The number of ether oxygens (including phenoxy) is 3. The highest BCUT2D eigenvalue weighted by Crippen LogP contribution is 2.40. The minimum absolute atomic E-state index is 0.0857. The monoisotopic (exact) mass is 504 g/mol. The van der Waals surface area contributed by atoms with Gasteiger partial charge in [-0.1, -0.05) is 93.2 Å². The minimum Gasteiger partial charge on any atom is -0.477 e. The van der Waals surface area contributed by atoms with Crippen LogP contribution in [0.2, 0.25) is 5.04 Å². The van der Waals surface area contributed by atoms with Crippen LogP contribution in [0.1, 0.15) is 41.0 Å². The van der Waals surface area contributed by atoms with Crippen LogP contribution >= 0.6 is 24.0 Å². The average molecular weight is 505 g/mol. The van der Waals surface area contributed by atoms with Gasteiger partial charge in [-0.3, -0.25) is 0 Å². The Bertz CT molecular complexity index is 827. The lowest BCUT2D eigenvalue weighted by atomic mass is 10.2. The van der Waals surface area contributed by atoms with Crippen molar-refractivity contribution in [2.45, 2.75) is 63.7 Å². The number of thiocarbonyl (C=S) groups is 1. The Morgan fingerprint density at radius 1 is 0.970 bits per heavy atom. The molecule has 0 aromatic heterocycles. The summed E-state index contributed by atoms with van der Waals surface area (Å²) in [6, 6.07) is 21.4. The van der Waals surface area contributed by atoms with Gasteiger partial charge in [-0.2, -0.15) is 0 Å². The summed E-state index contributed by atoms with van der Waals surface area (Å²) in [6.45, 7) is 12.6. The highest BCUT2D eigenvalue weighted by Gasteiger charge is 2.53. The molecule has 180 valence electrons. The summed E-state index contributed by atoms with van der Waals surface area (Å²) in [7, 11) is -2.74. The van der Waals surface area contributed by atoms with Crippen molar-refractivity contribution in [2.24, 2.45) is 0 Å². The molecule has 2 aromatic rings. The second-order valence-corrected chi connectivity index (χ2v) is 15.2. The Hall–Kier alpha value is -1.22. The van der Waals surface area contributed by atoms with Crippen LogP contribution in [0, 0.1) is 0 Å². The SMILES string of the molecule is CCOC(CC(O[Si](c1ccccc1)(c1ccccc1)C(C)(C)C)[C@H]1COC(=S)S1)OCC. The molecule has 0 bridgehead atoms. The second kappa shape index (κ2) is 12.0. The quantitative estimate of drug-likeness (QED) is 0.240. The molecule has 0 radical (unpaired) electrons. The first-order valence-corrected chi connectivity index (χ1v) is 14.9. The largest absolute Gasteiger partial charge is 0.477 e. The molecule has 1 heterocycles. The topological polar surface area (TPSA) is 36.9 Å². The van der Waals surface area contributed by atoms with Gasteiger partial charge in [-0.05, 0) is 41.5 Å². The summed E-state index contributed by atoms with van der Waals surface area (Å²) in [5, 5.41) is 2.47. The minimum atomic E-state index is -2.74. The Labute approximate surface area is 209 Å². The van der Waals surface area contributed by atoms with E-state index in [-0.39, 0.29) is 22.7 Å². The molecule has 1 unspecified atom stereocenters. The molecule has 0 spiro atoms. The highest BCUT2D eigenvalue weighted by atomic mass is 32.2. The van der Waals surface area contributed by atoms with Crippen molar-refractivity contribution in [3.05, 3.63) is 60.7 Å². The van der Waals surface area contributed by atoms with E-state index in [0.717, 1.165) is 0 Å². The number of hydrogen-bond acceptors (Lipinski definition) is 6. The molecule has 2 atom stereocenters. The van der Waals surface area contributed by atoms with Crippen molar-refractivity contribution < 1.29 is 18.6 Å². The van der Waals surface area contributed by atoms with E-state index in [0.29, 0.717) is 30.6 Å². The van der Waals surface area contributed by atoms with E-state index < -0.39 is 8.32 Å². The predicted octanol–water partition coefficient (Wildman–Crippen LogP) is 5.14. The molecule has 0 N–H and O–H groups in total. The van der Waals surface area contributed by atoms with Gasteiger partial charge in [0.1, 0.15) is 6.61 Å². The zero-order valence-electron chi connectivity index (χ0n) is 20.3. The Morgan fingerprint density at radius 2 is 1.48 bits per heavy atom. The number of hydrogen-bond donors (Lipinski definition) is 0. The van der Waals surface area contributed by atoms with Gasteiger partial charge >= 0.3 is 0 Å². The summed E-state index contributed by atoms with van der Waals surface area (Å²) in [5.74, 6) is 0. The van der Waals surface area contributed by atoms with Gasteiger partial charge in [0.15, 0.2) is 6.29 Å². The second-order valence-electron chi connectivity index (χ2n) is 9.11. The maximum absolute atomic E-state index is 7.45. The first kappa shape index (κ1) is 26.4. The van der Waals surface area contributed by atoms with Crippen LogP contribution in [0.25, 0.3) is 0 Å². The van der Waals surface area contributed by atoms with E-state index in [9.17, 15) is 0 Å². The third-order valence-electron chi connectivity index (χ3n) is 5.90. The first-order valence-electron chi connectivity index (χ1n) is 11.7. The number of rotatable bonds is 11. The van der Waals surface area contributed by atoms with Crippen LogP contribution in [-0.4, -0.2) is 50.2 Å². The lowest BCUT2D eigenvalue weighted by molar-refractivity contribution is -0.151. The van der Waals surface area contributed by atoms with E-state index in [1.165, 1.54) is 10.4 Å². The van der Waals surface area contributed by atoms with E-state index in [2.05, 4.69) is 81.4 Å². The zero-order chi connectivity index (χ0) is 23.9. The predicted molar refractivity (Wildman–Crippen MR) is 144 cm³/mol. The van der Waals surface area contributed by atoms with Crippen LogP contribution in [0.15, 0.2) is 60.7 Å². The zero-order valence-corrected chi connectivity index (χ0v) is 22.9. The Balaban J connectivity index is 2.11. The molecule has 1 aliphatic heterocycles. The van der Waals surface area contributed by atoms with Gasteiger partial charge < -0.3 is 18.6 Å². The van der Waals surface area contributed by atoms with Gasteiger partial charge in [0.05, 0.1) is 11.4 Å². The maximum atomic E-state index is 7.45. The van der Waals surface area contributed by atoms with Crippen molar-refractivity contribution in [1.82, 2.24) is 0 Å². The van der Waals surface area contributed by atoms with Crippen LogP contribution in [0.3, 0.4) is 0 Å². The van der Waals surface area contributed by atoms with Crippen LogP contribution in [-0.2, 0) is 18.6 Å². The smallest absolute Gasteiger partial charge is 0.261 e. The summed E-state index contributed by atoms with van der Waals surface area (Å²) in [6.07, 6.45) is 0.137. The molecule has 33 heavy (non-hydrogen) atoms. The summed E-state index contributed by atoms with van der Waals surface area (Å²) < 4.78 is 25.6. The molecule has 4 nitrogen and oxygen atoms in total. The molecule has 0 amide bonds. The van der Waals surface area contributed by atoms with Crippen molar-refractivity contribution >= 4 is 47.1 Å². The summed E-state index contributed by atoms with van der Waals surface area (Å²) in [4.78, 5) is 0. The summed E-state index contributed by atoms with van der Waals surface area (Å²) in [5.41, 5.74) is 0. The van der Waals surface area contributed by atoms with Crippen LogP contribution < -0.4 is 10.4 Å². The van der Waals surface area contributed by atoms with Crippen molar-refractivity contribution in [3.63, 3.8) is 0 Å². The summed E-state index contributed by atoms with van der Waals surface area (Å²) >= 11 is 6.96.